The minimum atomic E-state index is -0.217. The Morgan fingerprint density at radius 1 is 1.31 bits per heavy atom. The van der Waals surface area contributed by atoms with Crippen molar-refractivity contribution in [1.82, 2.24) is 0 Å². The Morgan fingerprint density at radius 2 is 2.00 bits per heavy atom. The van der Waals surface area contributed by atoms with Crippen LogP contribution in [0.3, 0.4) is 0 Å². The molecular weight excluding hydrogens is 224 g/mol. The first kappa shape index (κ1) is 11.8. The summed E-state index contributed by atoms with van der Waals surface area (Å²) in [6, 6.07) is 10.4. The van der Waals surface area contributed by atoms with Crippen molar-refractivity contribution in [3.8, 4) is 12.1 Å². The number of benzene rings is 1. The zero-order valence-electron chi connectivity index (χ0n) is 8.18. The van der Waals surface area contributed by atoms with Crippen LogP contribution in [-0.4, -0.2) is 6.21 Å². The lowest BCUT2D eigenvalue weighted by Gasteiger charge is -1.95. The van der Waals surface area contributed by atoms with E-state index in [1.165, 1.54) is 6.21 Å². The molecule has 0 atom stereocenters. The monoisotopic (exact) mass is 230 g/mol. The van der Waals surface area contributed by atoms with E-state index in [9.17, 15) is 0 Å². The summed E-state index contributed by atoms with van der Waals surface area (Å²) in [5.74, 6) is 0. The van der Waals surface area contributed by atoms with Crippen LogP contribution in [0.15, 0.2) is 40.7 Å². The molecule has 0 aliphatic heterocycles. The number of halogens is 1. The van der Waals surface area contributed by atoms with E-state index in [0.29, 0.717) is 10.6 Å². The highest BCUT2D eigenvalue weighted by Crippen LogP contribution is 2.13. The Kier molecular flexibility index (Phi) is 4.08. The van der Waals surface area contributed by atoms with Crippen LogP contribution in [0.1, 0.15) is 5.56 Å². The van der Waals surface area contributed by atoms with Gasteiger partial charge in [0.1, 0.15) is 17.8 Å². The molecule has 0 saturated heterocycles. The Balaban J connectivity index is 3.04. The lowest BCUT2D eigenvalue weighted by Crippen LogP contribution is -1.97. The van der Waals surface area contributed by atoms with Gasteiger partial charge in [-0.1, -0.05) is 29.8 Å². The van der Waals surface area contributed by atoms with Gasteiger partial charge in [0.25, 0.3) is 0 Å². The molecule has 78 valence electrons. The number of nitrogens with two attached hydrogens (primary N) is 1. The fourth-order valence-electron chi connectivity index (χ4n) is 0.925. The molecule has 0 spiro atoms. The number of nitriles is 2. The lowest BCUT2D eigenvalue weighted by molar-refractivity contribution is 1.27. The third-order valence-corrected chi connectivity index (χ3v) is 2.06. The van der Waals surface area contributed by atoms with Crippen LogP contribution < -0.4 is 5.73 Å². The highest BCUT2D eigenvalue weighted by atomic mass is 35.5. The fraction of sp³-hybridized carbons (Fsp3) is 0. The van der Waals surface area contributed by atoms with Crippen molar-refractivity contribution in [2.75, 3.05) is 0 Å². The van der Waals surface area contributed by atoms with Gasteiger partial charge < -0.3 is 5.73 Å². The van der Waals surface area contributed by atoms with Crippen LogP contribution in [0, 0.1) is 22.7 Å². The summed E-state index contributed by atoms with van der Waals surface area (Å²) in [6.07, 6.45) is 1.39. The molecule has 0 aromatic heterocycles. The molecule has 1 rings (SSSR count). The predicted molar refractivity (Wildman–Crippen MR) is 61.5 cm³/mol. The summed E-state index contributed by atoms with van der Waals surface area (Å²) in [6.45, 7) is 0. The van der Waals surface area contributed by atoms with Gasteiger partial charge in [0.2, 0.25) is 0 Å². The Bertz CT molecular complexity index is 532. The van der Waals surface area contributed by atoms with Crippen molar-refractivity contribution >= 4 is 17.8 Å². The van der Waals surface area contributed by atoms with E-state index in [2.05, 4.69) is 4.99 Å². The molecule has 1 aromatic carbocycles. The first-order chi connectivity index (χ1) is 7.69. The van der Waals surface area contributed by atoms with E-state index >= 15 is 0 Å². The average Bonchev–Trinajstić information content (AvgIpc) is 2.31. The molecule has 0 heterocycles. The molecule has 0 aliphatic carbocycles. The van der Waals surface area contributed by atoms with Crippen molar-refractivity contribution in [3.63, 3.8) is 0 Å². The van der Waals surface area contributed by atoms with Gasteiger partial charge >= 0.3 is 0 Å². The van der Waals surface area contributed by atoms with Crippen molar-refractivity contribution < 1.29 is 0 Å². The third-order valence-electron chi connectivity index (χ3n) is 1.72. The summed E-state index contributed by atoms with van der Waals surface area (Å²) < 4.78 is 0. The molecule has 1 aromatic rings. The number of hydrogen-bond acceptors (Lipinski definition) is 4. The van der Waals surface area contributed by atoms with Gasteiger partial charge in [0.15, 0.2) is 5.70 Å². The van der Waals surface area contributed by atoms with E-state index in [4.69, 9.17) is 27.9 Å². The quantitative estimate of drug-likeness (QED) is 0.623. The number of rotatable bonds is 2. The van der Waals surface area contributed by atoms with Gasteiger partial charge in [-0.2, -0.15) is 10.5 Å². The molecule has 16 heavy (non-hydrogen) atoms. The molecule has 0 bridgehead atoms. The number of hydrogen-bond donors (Lipinski definition) is 1. The zero-order chi connectivity index (χ0) is 12.0. The summed E-state index contributed by atoms with van der Waals surface area (Å²) in [5.41, 5.74) is 5.59. The third kappa shape index (κ3) is 2.84. The lowest BCUT2D eigenvalue weighted by atomic mass is 10.2. The normalized spacial score (nSPS) is 11.7. The molecule has 0 amide bonds. The van der Waals surface area contributed by atoms with E-state index < -0.39 is 0 Å². The van der Waals surface area contributed by atoms with Gasteiger partial charge in [0, 0.05) is 16.8 Å². The molecule has 5 heteroatoms. The van der Waals surface area contributed by atoms with E-state index in [1.54, 1.807) is 36.4 Å². The smallest absolute Gasteiger partial charge is 0.174 e. The van der Waals surface area contributed by atoms with Gasteiger partial charge in [-0.05, 0) is 6.07 Å². The van der Waals surface area contributed by atoms with Crippen molar-refractivity contribution in [3.05, 3.63) is 46.2 Å². The van der Waals surface area contributed by atoms with E-state index in [1.807, 2.05) is 0 Å². The molecule has 4 nitrogen and oxygen atoms in total. The topological polar surface area (TPSA) is 86.0 Å². The van der Waals surface area contributed by atoms with Crippen molar-refractivity contribution in [2.24, 2.45) is 10.7 Å². The van der Waals surface area contributed by atoms with Crippen molar-refractivity contribution in [1.29, 1.82) is 10.5 Å². The van der Waals surface area contributed by atoms with Crippen LogP contribution in [0.2, 0.25) is 5.02 Å². The summed E-state index contributed by atoms with van der Waals surface area (Å²) in [5, 5.41) is 17.7. The zero-order valence-corrected chi connectivity index (χ0v) is 8.94. The average molecular weight is 231 g/mol. The first-order valence-corrected chi connectivity index (χ1v) is 4.65. The SMILES string of the molecule is N#C/C(N)=C(C#N)\N=C\c1ccccc1Cl. The Morgan fingerprint density at radius 3 is 2.56 bits per heavy atom. The number of allylic oxidation sites excluding steroid dienone is 2. The maximum atomic E-state index is 8.69. The molecule has 0 saturated carbocycles. The van der Waals surface area contributed by atoms with Gasteiger partial charge in [-0.15, -0.1) is 0 Å². The standard InChI is InChI=1S/C11H7ClN4/c12-9-4-2-1-3-8(9)7-16-11(6-14)10(15)5-13/h1-4,7H,15H2/b11-10+,16-7+. The van der Waals surface area contributed by atoms with E-state index in [0.717, 1.165) is 0 Å². The van der Waals surface area contributed by atoms with Gasteiger partial charge in [-0.3, -0.25) is 0 Å². The maximum absolute atomic E-state index is 8.69. The number of aliphatic imine (C=N–C) groups is 1. The highest BCUT2D eigenvalue weighted by molar-refractivity contribution is 6.33. The Hall–Kier alpha value is -2.30. The van der Waals surface area contributed by atoms with Crippen LogP contribution in [-0.2, 0) is 0 Å². The van der Waals surface area contributed by atoms with Gasteiger partial charge in [-0.25, -0.2) is 4.99 Å². The van der Waals surface area contributed by atoms with Crippen molar-refractivity contribution in [2.45, 2.75) is 0 Å². The minimum Gasteiger partial charge on any atom is -0.388 e. The fourth-order valence-corrected chi connectivity index (χ4v) is 1.11. The predicted octanol–water partition coefficient (Wildman–Crippen LogP) is 1.98. The summed E-state index contributed by atoms with van der Waals surface area (Å²) in [7, 11) is 0. The van der Waals surface area contributed by atoms with Crippen LogP contribution in [0.25, 0.3) is 0 Å². The summed E-state index contributed by atoms with van der Waals surface area (Å²) >= 11 is 5.88. The molecule has 0 fully saturated rings. The van der Waals surface area contributed by atoms with Gasteiger partial charge in [0.05, 0.1) is 0 Å². The maximum Gasteiger partial charge on any atom is 0.174 e. The molecule has 0 aliphatic rings. The first-order valence-electron chi connectivity index (χ1n) is 4.27. The largest absolute Gasteiger partial charge is 0.388 e. The molecule has 2 N–H and O–H groups in total. The number of nitrogens with zero attached hydrogens (tertiary/aromatic N) is 3. The van der Waals surface area contributed by atoms with Crippen LogP contribution >= 0.6 is 11.6 Å². The second kappa shape index (κ2) is 5.55. The summed E-state index contributed by atoms with van der Waals surface area (Å²) in [4.78, 5) is 3.81. The molecule has 0 radical (unpaired) electrons. The molecular formula is C11H7ClN4. The second-order valence-electron chi connectivity index (χ2n) is 2.77. The van der Waals surface area contributed by atoms with E-state index in [-0.39, 0.29) is 11.4 Å². The van der Waals surface area contributed by atoms with Crippen LogP contribution in [0.5, 0.6) is 0 Å². The second-order valence-corrected chi connectivity index (χ2v) is 3.17. The van der Waals surface area contributed by atoms with Crippen LogP contribution in [0.4, 0.5) is 0 Å². The Labute approximate surface area is 97.9 Å². The highest BCUT2D eigenvalue weighted by Gasteiger charge is 1.99. The molecule has 0 unspecified atom stereocenters. The minimum absolute atomic E-state index is 0.123.